The molecule has 176 valence electrons. The summed E-state index contributed by atoms with van der Waals surface area (Å²) in [5, 5.41) is 0. The number of rotatable bonds is 16. The first-order valence-corrected chi connectivity index (χ1v) is 12.0. The van der Waals surface area contributed by atoms with Gasteiger partial charge in [0.05, 0.1) is 19.0 Å². The minimum atomic E-state index is -0.266. The fourth-order valence-corrected chi connectivity index (χ4v) is 3.23. The zero-order chi connectivity index (χ0) is 23.0. The molecular formula is C26H38N2O4. The Morgan fingerprint density at radius 3 is 2.19 bits per heavy atom. The molecule has 1 heterocycles. The van der Waals surface area contributed by atoms with Crippen LogP contribution < -0.4 is 9.47 Å². The number of unbranched alkanes of at least 4 members (excludes halogenated alkanes) is 6. The molecular weight excluding hydrogens is 404 g/mol. The summed E-state index contributed by atoms with van der Waals surface area (Å²) in [6, 6.07) is 7.84. The lowest BCUT2D eigenvalue weighted by Gasteiger charge is -2.14. The summed E-state index contributed by atoms with van der Waals surface area (Å²) in [5.41, 5.74) is 0.918. The molecule has 1 aromatic carbocycles. The maximum atomic E-state index is 11.4. The van der Waals surface area contributed by atoms with Crippen molar-refractivity contribution < 1.29 is 19.0 Å². The molecule has 6 heteroatoms. The van der Waals surface area contributed by atoms with E-state index in [1.165, 1.54) is 38.5 Å². The third-order valence-electron chi connectivity index (χ3n) is 5.03. The zero-order valence-electron chi connectivity index (χ0n) is 19.8. The molecule has 0 N–H and O–H groups in total. The Morgan fingerprint density at radius 1 is 0.875 bits per heavy atom. The number of benzene rings is 1. The Hall–Kier alpha value is -2.63. The smallest absolute Gasteiger partial charge is 0.305 e. The monoisotopic (exact) mass is 442 g/mol. The highest BCUT2D eigenvalue weighted by Crippen LogP contribution is 2.21. The lowest BCUT2D eigenvalue weighted by atomic mass is 10.1. The summed E-state index contributed by atoms with van der Waals surface area (Å²) in [6.07, 6.45) is 13.1. The number of nitrogens with zero attached hydrogens (tertiary/aromatic N) is 2. The van der Waals surface area contributed by atoms with E-state index >= 15 is 0 Å². The van der Waals surface area contributed by atoms with Crippen molar-refractivity contribution >= 4 is 5.97 Å². The second-order valence-electron chi connectivity index (χ2n) is 8.10. The number of esters is 1. The van der Waals surface area contributed by atoms with Gasteiger partial charge in [0, 0.05) is 12.0 Å². The summed E-state index contributed by atoms with van der Waals surface area (Å²) in [4.78, 5) is 20.2. The fourth-order valence-electron chi connectivity index (χ4n) is 3.23. The third kappa shape index (κ3) is 10.1. The molecule has 1 aromatic heterocycles. The quantitative estimate of drug-likeness (QED) is 0.222. The molecule has 2 rings (SSSR count). The molecule has 0 spiro atoms. The largest absolute Gasteiger partial charge is 0.494 e. The molecule has 0 aliphatic rings. The van der Waals surface area contributed by atoms with Crippen LogP contribution in [0.1, 0.15) is 78.6 Å². The SMILES string of the molecule is CCCCCCCCCOc1ccc(-c2ncc(OC(C)COC(=O)CCC)cn2)cc1. The van der Waals surface area contributed by atoms with E-state index < -0.39 is 0 Å². The molecule has 1 atom stereocenters. The summed E-state index contributed by atoms with van der Waals surface area (Å²) in [5.74, 6) is 1.83. The molecule has 32 heavy (non-hydrogen) atoms. The van der Waals surface area contributed by atoms with Crippen molar-refractivity contribution in [3.8, 4) is 22.9 Å². The predicted octanol–water partition coefficient (Wildman–Crippen LogP) is 6.38. The highest BCUT2D eigenvalue weighted by atomic mass is 16.6. The lowest BCUT2D eigenvalue weighted by molar-refractivity contribution is -0.145. The maximum Gasteiger partial charge on any atom is 0.305 e. The van der Waals surface area contributed by atoms with Crippen LogP contribution in [0, 0.1) is 0 Å². The molecule has 0 radical (unpaired) electrons. The lowest BCUT2D eigenvalue weighted by Crippen LogP contribution is -2.21. The molecule has 0 saturated carbocycles. The van der Waals surface area contributed by atoms with Crippen molar-refractivity contribution in [1.29, 1.82) is 0 Å². The molecule has 6 nitrogen and oxygen atoms in total. The molecule has 1 unspecified atom stereocenters. The van der Waals surface area contributed by atoms with Crippen LogP contribution in [0.15, 0.2) is 36.7 Å². The predicted molar refractivity (Wildman–Crippen MR) is 127 cm³/mol. The number of aromatic nitrogens is 2. The van der Waals surface area contributed by atoms with Gasteiger partial charge >= 0.3 is 5.97 Å². The Bertz CT molecular complexity index is 762. The number of hydrogen-bond donors (Lipinski definition) is 0. The molecule has 0 bridgehead atoms. The summed E-state index contributed by atoms with van der Waals surface area (Å²) >= 11 is 0. The first-order valence-electron chi connectivity index (χ1n) is 12.0. The van der Waals surface area contributed by atoms with E-state index in [0.717, 1.165) is 30.8 Å². The second-order valence-corrected chi connectivity index (χ2v) is 8.10. The van der Waals surface area contributed by atoms with Crippen LogP contribution in [0.25, 0.3) is 11.4 Å². The molecule has 0 aliphatic carbocycles. The normalized spacial score (nSPS) is 11.7. The van der Waals surface area contributed by atoms with E-state index in [9.17, 15) is 4.79 Å². The van der Waals surface area contributed by atoms with Gasteiger partial charge in [0.25, 0.3) is 0 Å². The van der Waals surface area contributed by atoms with Crippen molar-refractivity contribution in [3.63, 3.8) is 0 Å². The second kappa shape index (κ2) is 15.2. The van der Waals surface area contributed by atoms with Crippen LogP contribution in [-0.2, 0) is 9.53 Å². The van der Waals surface area contributed by atoms with E-state index in [0.29, 0.717) is 18.0 Å². The average molecular weight is 443 g/mol. The third-order valence-corrected chi connectivity index (χ3v) is 5.03. The minimum Gasteiger partial charge on any atom is -0.494 e. The van der Waals surface area contributed by atoms with E-state index in [4.69, 9.17) is 14.2 Å². The van der Waals surface area contributed by atoms with Crippen molar-refractivity contribution in [3.05, 3.63) is 36.7 Å². The van der Waals surface area contributed by atoms with E-state index in [-0.39, 0.29) is 18.7 Å². The van der Waals surface area contributed by atoms with Gasteiger partial charge in [0.1, 0.15) is 18.5 Å². The van der Waals surface area contributed by atoms with Gasteiger partial charge in [-0.15, -0.1) is 0 Å². The Labute approximate surface area is 192 Å². The van der Waals surface area contributed by atoms with Gasteiger partial charge in [-0.25, -0.2) is 9.97 Å². The Morgan fingerprint density at radius 2 is 1.53 bits per heavy atom. The zero-order valence-corrected chi connectivity index (χ0v) is 19.8. The van der Waals surface area contributed by atoms with E-state index in [1.54, 1.807) is 12.4 Å². The Kier molecular flexibility index (Phi) is 12.2. The van der Waals surface area contributed by atoms with Crippen molar-refractivity contribution in [2.45, 2.75) is 84.7 Å². The van der Waals surface area contributed by atoms with Crippen molar-refractivity contribution in [1.82, 2.24) is 9.97 Å². The molecule has 0 fully saturated rings. The van der Waals surface area contributed by atoms with Gasteiger partial charge in [-0.3, -0.25) is 4.79 Å². The van der Waals surface area contributed by atoms with Crippen LogP contribution in [0.5, 0.6) is 11.5 Å². The summed E-state index contributed by atoms with van der Waals surface area (Å²) < 4.78 is 16.7. The number of carbonyl (C=O) groups is 1. The fraction of sp³-hybridized carbons (Fsp3) is 0.577. The highest BCUT2D eigenvalue weighted by Gasteiger charge is 2.09. The van der Waals surface area contributed by atoms with Crippen LogP contribution in [0.3, 0.4) is 0 Å². The summed E-state index contributed by atoms with van der Waals surface area (Å²) in [6.45, 7) is 6.99. The van der Waals surface area contributed by atoms with E-state index in [1.807, 2.05) is 38.1 Å². The van der Waals surface area contributed by atoms with Gasteiger partial charge in [-0.2, -0.15) is 0 Å². The van der Waals surface area contributed by atoms with Gasteiger partial charge < -0.3 is 14.2 Å². The number of hydrogen-bond acceptors (Lipinski definition) is 6. The highest BCUT2D eigenvalue weighted by molar-refractivity contribution is 5.69. The van der Waals surface area contributed by atoms with Crippen LogP contribution in [-0.4, -0.2) is 35.3 Å². The average Bonchev–Trinajstić information content (AvgIpc) is 2.81. The van der Waals surface area contributed by atoms with Crippen LogP contribution in [0.4, 0.5) is 0 Å². The van der Waals surface area contributed by atoms with Crippen LogP contribution in [0.2, 0.25) is 0 Å². The van der Waals surface area contributed by atoms with Gasteiger partial charge in [-0.1, -0.05) is 52.4 Å². The van der Waals surface area contributed by atoms with Crippen molar-refractivity contribution in [2.24, 2.45) is 0 Å². The number of carbonyl (C=O) groups excluding carboxylic acids is 1. The van der Waals surface area contributed by atoms with Crippen molar-refractivity contribution in [2.75, 3.05) is 13.2 Å². The summed E-state index contributed by atoms with van der Waals surface area (Å²) in [7, 11) is 0. The Balaban J connectivity index is 1.71. The topological polar surface area (TPSA) is 70.5 Å². The number of ether oxygens (including phenoxy) is 3. The standard InChI is InChI=1S/C26H38N2O4/c1-4-6-7-8-9-10-11-17-30-23-15-13-22(14-16-23)26-27-18-24(19-28-26)32-21(3)20-31-25(29)12-5-2/h13-16,18-19,21H,4-12,17,20H2,1-3H3. The van der Waals surface area contributed by atoms with Gasteiger partial charge in [-0.05, 0) is 44.0 Å². The minimum absolute atomic E-state index is 0.204. The van der Waals surface area contributed by atoms with Gasteiger partial charge in [0.2, 0.25) is 0 Å². The first-order chi connectivity index (χ1) is 15.6. The molecule has 0 saturated heterocycles. The van der Waals surface area contributed by atoms with E-state index in [2.05, 4.69) is 16.9 Å². The van der Waals surface area contributed by atoms with Crippen LogP contribution >= 0.6 is 0 Å². The molecule has 0 amide bonds. The molecule has 2 aromatic rings. The van der Waals surface area contributed by atoms with Gasteiger partial charge in [0.15, 0.2) is 11.6 Å². The molecule has 0 aliphatic heterocycles. The first kappa shape index (κ1) is 25.6. The maximum absolute atomic E-state index is 11.4.